The Labute approximate surface area is 157 Å². The molecule has 3 heteroatoms. The van der Waals surface area contributed by atoms with Crippen molar-refractivity contribution in [3.63, 3.8) is 0 Å². The first-order valence-corrected chi connectivity index (χ1v) is 10.6. The minimum Gasteiger partial charge on any atom is -0.427 e. The van der Waals surface area contributed by atoms with E-state index in [0.717, 1.165) is 24.2 Å². The Kier molecular flexibility index (Phi) is 7.10. The van der Waals surface area contributed by atoms with Crippen LogP contribution in [0.1, 0.15) is 77.6 Å². The van der Waals surface area contributed by atoms with Crippen LogP contribution in [0.5, 0.6) is 5.75 Å². The normalized spacial score (nSPS) is 29.3. The van der Waals surface area contributed by atoms with Crippen LogP contribution in [0.25, 0.3) is 0 Å². The highest BCUT2D eigenvalue weighted by Crippen LogP contribution is 2.43. The molecule has 2 nitrogen and oxygen atoms in total. The highest BCUT2D eigenvalue weighted by Gasteiger charge is 2.31. The van der Waals surface area contributed by atoms with Crippen LogP contribution < -0.4 is 4.74 Å². The van der Waals surface area contributed by atoms with E-state index in [1.807, 2.05) is 0 Å². The molecule has 0 heterocycles. The van der Waals surface area contributed by atoms with E-state index in [1.54, 1.807) is 0 Å². The van der Waals surface area contributed by atoms with Crippen LogP contribution in [0, 0.1) is 29.5 Å². The molecular formula is C23H33FO2. The average Bonchev–Trinajstić information content (AvgIpc) is 2.68. The fraction of sp³-hybridized carbons (Fsp3) is 0.696. The summed E-state index contributed by atoms with van der Waals surface area (Å²) >= 11 is 0. The first-order chi connectivity index (χ1) is 12.6. The van der Waals surface area contributed by atoms with Crippen molar-refractivity contribution in [3.8, 4) is 5.75 Å². The second-order valence-corrected chi connectivity index (χ2v) is 8.45. The molecule has 0 bridgehead atoms. The summed E-state index contributed by atoms with van der Waals surface area (Å²) < 4.78 is 18.2. The molecule has 0 amide bonds. The predicted molar refractivity (Wildman–Crippen MR) is 102 cm³/mol. The van der Waals surface area contributed by atoms with E-state index in [4.69, 9.17) is 4.74 Å². The second-order valence-electron chi connectivity index (χ2n) is 8.45. The molecular weight excluding hydrogens is 327 g/mol. The number of rotatable bonds is 6. The average molecular weight is 361 g/mol. The van der Waals surface area contributed by atoms with Gasteiger partial charge < -0.3 is 4.74 Å². The molecule has 0 N–H and O–H groups in total. The van der Waals surface area contributed by atoms with Gasteiger partial charge in [0.25, 0.3) is 0 Å². The molecule has 0 saturated heterocycles. The molecule has 3 rings (SSSR count). The Bertz CT molecular complexity index is 560. The molecule has 1 aromatic carbocycles. The molecule has 2 aliphatic carbocycles. The summed E-state index contributed by atoms with van der Waals surface area (Å²) in [7, 11) is 0. The largest absolute Gasteiger partial charge is 0.427 e. The van der Waals surface area contributed by atoms with Gasteiger partial charge in [-0.3, -0.25) is 4.79 Å². The number of hydrogen-bond donors (Lipinski definition) is 0. The molecule has 0 aliphatic heterocycles. The van der Waals surface area contributed by atoms with E-state index >= 15 is 0 Å². The van der Waals surface area contributed by atoms with E-state index in [9.17, 15) is 9.18 Å². The number of carbonyl (C=O) groups is 1. The van der Waals surface area contributed by atoms with Crippen molar-refractivity contribution < 1.29 is 13.9 Å². The van der Waals surface area contributed by atoms with E-state index in [-0.39, 0.29) is 11.8 Å². The molecule has 2 atom stereocenters. The Morgan fingerprint density at radius 2 is 1.73 bits per heavy atom. The zero-order chi connectivity index (χ0) is 18.4. The quantitative estimate of drug-likeness (QED) is 0.425. The smallest absolute Gasteiger partial charge is 0.311 e. The van der Waals surface area contributed by atoms with E-state index in [0.29, 0.717) is 18.1 Å². The lowest BCUT2D eigenvalue weighted by molar-refractivity contribution is -0.134. The van der Waals surface area contributed by atoms with Crippen LogP contribution in [-0.4, -0.2) is 5.97 Å². The van der Waals surface area contributed by atoms with Gasteiger partial charge >= 0.3 is 5.97 Å². The Morgan fingerprint density at radius 3 is 2.42 bits per heavy atom. The van der Waals surface area contributed by atoms with Crippen molar-refractivity contribution in [1.82, 2.24) is 0 Å². The Hall–Kier alpha value is -1.38. The molecule has 26 heavy (non-hydrogen) atoms. The standard InChI is InChI=1S/C23H33FO2/c1-2-17-6-9-19(10-7-17)20-5-3-4-18(16-20)8-15-23(25)26-22-13-11-21(24)12-14-22/h11-14,17-20H,2-10,15-16H2,1H3/t17?,18?,19?,20-/m0/s1. The third-order valence-electron chi connectivity index (χ3n) is 6.76. The van der Waals surface area contributed by atoms with Gasteiger partial charge in [0.15, 0.2) is 0 Å². The van der Waals surface area contributed by atoms with Crippen LogP contribution in [0.4, 0.5) is 4.39 Å². The van der Waals surface area contributed by atoms with Gasteiger partial charge in [-0.05, 0) is 73.6 Å². The second kappa shape index (κ2) is 9.53. The van der Waals surface area contributed by atoms with Crippen LogP contribution in [0.2, 0.25) is 0 Å². The van der Waals surface area contributed by atoms with Crippen LogP contribution in [0.15, 0.2) is 24.3 Å². The third-order valence-corrected chi connectivity index (χ3v) is 6.76. The highest BCUT2D eigenvalue weighted by atomic mass is 19.1. The van der Waals surface area contributed by atoms with E-state index in [2.05, 4.69) is 6.92 Å². The molecule has 1 unspecified atom stereocenters. The molecule has 2 saturated carbocycles. The number of esters is 1. The fourth-order valence-electron chi connectivity index (χ4n) is 5.10. The minimum atomic E-state index is -0.314. The summed E-state index contributed by atoms with van der Waals surface area (Å²) in [5.41, 5.74) is 0. The first-order valence-electron chi connectivity index (χ1n) is 10.6. The number of halogens is 1. The monoisotopic (exact) mass is 360 g/mol. The number of hydrogen-bond acceptors (Lipinski definition) is 2. The first kappa shape index (κ1) is 19.4. The maximum atomic E-state index is 12.9. The minimum absolute atomic E-state index is 0.192. The van der Waals surface area contributed by atoms with Crippen LogP contribution in [0.3, 0.4) is 0 Å². The summed E-state index contributed by atoms with van der Waals surface area (Å²) in [4.78, 5) is 12.1. The molecule has 2 fully saturated rings. The van der Waals surface area contributed by atoms with Crippen LogP contribution >= 0.6 is 0 Å². The van der Waals surface area contributed by atoms with Gasteiger partial charge in [0.1, 0.15) is 11.6 Å². The Balaban J connectivity index is 1.40. The van der Waals surface area contributed by atoms with Crippen molar-refractivity contribution in [2.24, 2.45) is 23.7 Å². The maximum absolute atomic E-state index is 12.9. The SMILES string of the molecule is CCC1CCC([C@H]2CCCC(CCC(=O)Oc3ccc(F)cc3)C2)CC1. The van der Waals surface area contributed by atoms with Gasteiger partial charge in [0.05, 0.1) is 0 Å². The van der Waals surface area contributed by atoms with Gasteiger partial charge in [-0.2, -0.15) is 0 Å². The summed E-state index contributed by atoms with van der Waals surface area (Å²) in [5, 5.41) is 0. The van der Waals surface area contributed by atoms with E-state index < -0.39 is 0 Å². The molecule has 0 spiro atoms. The van der Waals surface area contributed by atoms with Crippen molar-refractivity contribution >= 4 is 5.97 Å². The van der Waals surface area contributed by atoms with Gasteiger partial charge in [0.2, 0.25) is 0 Å². The number of carbonyl (C=O) groups excluding carboxylic acids is 1. The van der Waals surface area contributed by atoms with Crippen molar-refractivity contribution in [2.45, 2.75) is 77.6 Å². The Morgan fingerprint density at radius 1 is 1.00 bits per heavy atom. The summed E-state index contributed by atoms with van der Waals surface area (Å²) in [6.07, 6.45) is 13.7. The zero-order valence-corrected chi connectivity index (χ0v) is 16.1. The summed E-state index contributed by atoms with van der Waals surface area (Å²) in [6, 6.07) is 5.66. The summed E-state index contributed by atoms with van der Waals surface area (Å²) in [5.74, 6) is 3.36. The highest BCUT2D eigenvalue weighted by molar-refractivity contribution is 5.72. The molecule has 0 aromatic heterocycles. The molecule has 144 valence electrons. The topological polar surface area (TPSA) is 26.3 Å². The van der Waals surface area contributed by atoms with Crippen LogP contribution in [-0.2, 0) is 4.79 Å². The summed E-state index contributed by atoms with van der Waals surface area (Å²) in [6.45, 7) is 2.33. The molecule has 0 radical (unpaired) electrons. The van der Waals surface area contributed by atoms with Gasteiger partial charge in [-0.25, -0.2) is 4.39 Å². The van der Waals surface area contributed by atoms with Crippen molar-refractivity contribution in [3.05, 3.63) is 30.1 Å². The lowest BCUT2D eigenvalue weighted by Gasteiger charge is -2.38. The third kappa shape index (κ3) is 5.56. The lowest BCUT2D eigenvalue weighted by atomic mass is 9.68. The van der Waals surface area contributed by atoms with Gasteiger partial charge in [-0.1, -0.05) is 45.4 Å². The van der Waals surface area contributed by atoms with Crippen molar-refractivity contribution in [2.75, 3.05) is 0 Å². The number of benzene rings is 1. The van der Waals surface area contributed by atoms with Crippen molar-refractivity contribution in [1.29, 1.82) is 0 Å². The predicted octanol–water partition coefficient (Wildman–Crippen LogP) is 6.53. The zero-order valence-electron chi connectivity index (χ0n) is 16.1. The fourth-order valence-corrected chi connectivity index (χ4v) is 5.10. The number of ether oxygens (including phenoxy) is 1. The molecule has 2 aliphatic rings. The maximum Gasteiger partial charge on any atom is 0.311 e. The van der Waals surface area contributed by atoms with E-state index in [1.165, 1.54) is 82.1 Å². The van der Waals surface area contributed by atoms with Gasteiger partial charge in [0, 0.05) is 6.42 Å². The molecule has 1 aromatic rings. The lowest BCUT2D eigenvalue weighted by Crippen LogP contribution is -2.27. The van der Waals surface area contributed by atoms with Gasteiger partial charge in [-0.15, -0.1) is 0 Å².